The Labute approximate surface area is 124 Å². The maximum Gasteiger partial charge on any atom is 0.242 e. The highest BCUT2D eigenvalue weighted by molar-refractivity contribution is 5.88. The molecule has 1 fully saturated rings. The van der Waals surface area contributed by atoms with E-state index in [9.17, 15) is 9.59 Å². The fourth-order valence-corrected chi connectivity index (χ4v) is 2.47. The summed E-state index contributed by atoms with van der Waals surface area (Å²) in [5.74, 6) is 0.540. The van der Waals surface area contributed by atoms with Gasteiger partial charge in [0, 0.05) is 19.3 Å². The highest BCUT2D eigenvalue weighted by atomic mass is 16.5. The summed E-state index contributed by atoms with van der Waals surface area (Å²) in [6.45, 7) is 0.929. The highest BCUT2D eigenvalue weighted by Gasteiger charge is 2.33. The number of hydrogen-bond acceptors (Lipinski definition) is 4. The Hall–Kier alpha value is -2.24. The van der Waals surface area contributed by atoms with E-state index in [0.717, 1.165) is 12.8 Å². The number of rotatable bonds is 5. The fourth-order valence-electron chi connectivity index (χ4n) is 2.47. The number of benzene rings is 1. The minimum absolute atomic E-state index is 0.0449. The SMILES string of the molecule is CNC(=O)C1CCCN1C(=O)CCOc1ccc(N)cc1. The molecule has 1 heterocycles. The number of anilines is 1. The third-order valence-corrected chi connectivity index (χ3v) is 3.59. The monoisotopic (exact) mass is 291 g/mol. The lowest BCUT2D eigenvalue weighted by atomic mass is 10.2. The van der Waals surface area contributed by atoms with Crippen LogP contribution in [0.1, 0.15) is 19.3 Å². The molecule has 6 nitrogen and oxygen atoms in total. The average molecular weight is 291 g/mol. The Morgan fingerprint density at radius 1 is 1.38 bits per heavy atom. The van der Waals surface area contributed by atoms with Crippen LogP contribution in [0.2, 0.25) is 0 Å². The van der Waals surface area contributed by atoms with E-state index in [-0.39, 0.29) is 24.3 Å². The van der Waals surface area contributed by atoms with Crippen molar-refractivity contribution < 1.29 is 14.3 Å². The van der Waals surface area contributed by atoms with E-state index in [0.29, 0.717) is 24.6 Å². The molecule has 0 spiro atoms. The van der Waals surface area contributed by atoms with Crippen molar-refractivity contribution in [1.82, 2.24) is 10.2 Å². The van der Waals surface area contributed by atoms with Gasteiger partial charge in [-0.3, -0.25) is 9.59 Å². The number of likely N-dealkylation sites (tertiary alicyclic amines) is 1. The maximum atomic E-state index is 12.2. The zero-order chi connectivity index (χ0) is 15.2. The molecule has 21 heavy (non-hydrogen) atoms. The predicted octanol–water partition coefficient (Wildman–Crippen LogP) is 0.775. The first-order valence-electron chi connectivity index (χ1n) is 7.11. The largest absolute Gasteiger partial charge is 0.493 e. The van der Waals surface area contributed by atoms with Gasteiger partial charge in [0.15, 0.2) is 0 Å². The molecular weight excluding hydrogens is 270 g/mol. The minimum Gasteiger partial charge on any atom is -0.493 e. The van der Waals surface area contributed by atoms with Crippen LogP contribution in [0.5, 0.6) is 5.75 Å². The molecule has 0 radical (unpaired) electrons. The van der Waals surface area contributed by atoms with Crippen molar-refractivity contribution in [2.45, 2.75) is 25.3 Å². The van der Waals surface area contributed by atoms with E-state index < -0.39 is 0 Å². The number of carbonyl (C=O) groups excluding carboxylic acids is 2. The van der Waals surface area contributed by atoms with E-state index in [4.69, 9.17) is 10.5 Å². The first kappa shape index (κ1) is 15.2. The van der Waals surface area contributed by atoms with Gasteiger partial charge in [-0.05, 0) is 37.1 Å². The van der Waals surface area contributed by atoms with Crippen LogP contribution < -0.4 is 15.8 Å². The average Bonchev–Trinajstić information content (AvgIpc) is 2.98. The molecule has 0 aliphatic carbocycles. The van der Waals surface area contributed by atoms with Gasteiger partial charge in [0.1, 0.15) is 11.8 Å². The number of nitrogens with one attached hydrogen (secondary N) is 1. The predicted molar refractivity (Wildman–Crippen MR) is 79.8 cm³/mol. The van der Waals surface area contributed by atoms with Crippen LogP contribution >= 0.6 is 0 Å². The Morgan fingerprint density at radius 3 is 2.76 bits per heavy atom. The van der Waals surface area contributed by atoms with Crippen LogP contribution in [0.4, 0.5) is 5.69 Å². The summed E-state index contributed by atoms with van der Waals surface area (Å²) < 4.78 is 5.51. The van der Waals surface area contributed by atoms with Crippen LogP contribution in [0.25, 0.3) is 0 Å². The molecule has 114 valence electrons. The lowest BCUT2D eigenvalue weighted by molar-refractivity contribution is -0.138. The molecule has 1 aromatic carbocycles. The molecule has 3 N–H and O–H groups in total. The minimum atomic E-state index is -0.334. The summed E-state index contributed by atoms with van der Waals surface area (Å²) in [6, 6.07) is 6.70. The number of nitrogens with two attached hydrogens (primary N) is 1. The number of hydrogen-bond donors (Lipinski definition) is 2. The molecule has 0 bridgehead atoms. The molecule has 6 heteroatoms. The number of amides is 2. The number of likely N-dealkylation sites (N-methyl/N-ethyl adjacent to an activating group) is 1. The summed E-state index contributed by atoms with van der Waals surface area (Å²) in [5, 5.41) is 2.60. The maximum absolute atomic E-state index is 12.2. The van der Waals surface area contributed by atoms with Gasteiger partial charge < -0.3 is 20.7 Å². The zero-order valence-corrected chi connectivity index (χ0v) is 12.2. The number of ether oxygens (including phenoxy) is 1. The number of carbonyl (C=O) groups is 2. The topological polar surface area (TPSA) is 84.7 Å². The van der Waals surface area contributed by atoms with Gasteiger partial charge in [0.25, 0.3) is 0 Å². The third-order valence-electron chi connectivity index (χ3n) is 3.59. The Bertz CT molecular complexity index is 501. The molecule has 1 saturated heterocycles. The first-order chi connectivity index (χ1) is 10.1. The van der Waals surface area contributed by atoms with Crippen LogP contribution in [0.3, 0.4) is 0 Å². The van der Waals surface area contributed by atoms with Gasteiger partial charge in [-0.15, -0.1) is 0 Å². The molecule has 1 aromatic rings. The number of nitrogen functional groups attached to an aromatic ring is 1. The second kappa shape index (κ2) is 6.97. The normalized spacial score (nSPS) is 17.6. The Kier molecular flexibility index (Phi) is 5.03. The fraction of sp³-hybridized carbons (Fsp3) is 0.467. The summed E-state index contributed by atoms with van der Waals surface area (Å²) in [6.07, 6.45) is 1.85. The van der Waals surface area contributed by atoms with Gasteiger partial charge in [-0.1, -0.05) is 0 Å². The molecule has 0 aromatic heterocycles. The lowest BCUT2D eigenvalue weighted by Gasteiger charge is -2.23. The van der Waals surface area contributed by atoms with Crippen molar-refractivity contribution in [3.63, 3.8) is 0 Å². The van der Waals surface area contributed by atoms with Crippen molar-refractivity contribution in [3.05, 3.63) is 24.3 Å². The molecule has 1 atom stereocenters. The number of nitrogens with zero attached hydrogens (tertiary/aromatic N) is 1. The van der Waals surface area contributed by atoms with Gasteiger partial charge in [-0.2, -0.15) is 0 Å². The molecule has 1 unspecified atom stereocenters. The van der Waals surface area contributed by atoms with Crippen LogP contribution in [-0.4, -0.2) is 43.0 Å². The molecular formula is C15H21N3O3. The van der Waals surface area contributed by atoms with Crippen molar-refractivity contribution in [2.24, 2.45) is 0 Å². The van der Waals surface area contributed by atoms with Gasteiger partial charge >= 0.3 is 0 Å². The van der Waals surface area contributed by atoms with Gasteiger partial charge in [0.05, 0.1) is 13.0 Å². The quantitative estimate of drug-likeness (QED) is 0.785. The second-order valence-electron chi connectivity index (χ2n) is 5.03. The molecule has 0 saturated carbocycles. The summed E-state index contributed by atoms with van der Waals surface area (Å²) in [5.41, 5.74) is 6.26. The van der Waals surface area contributed by atoms with E-state index in [1.165, 1.54) is 0 Å². The highest BCUT2D eigenvalue weighted by Crippen LogP contribution is 2.19. The van der Waals surface area contributed by atoms with Crippen molar-refractivity contribution in [3.8, 4) is 5.75 Å². The Balaban J connectivity index is 1.81. The van der Waals surface area contributed by atoms with Crippen molar-refractivity contribution in [2.75, 3.05) is 25.9 Å². The van der Waals surface area contributed by atoms with Crippen molar-refractivity contribution in [1.29, 1.82) is 0 Å². The van der Waals surface area contributed by atoms with Crippen LogP contribution in [0.15, 0.2) is 24.3 Å². The van der Waals surface area contributed by atoms with Crippen LogP contribution in [0, 0.1) is 0 Å². The van der Waals surface area contributed by atoms with Gasteiger partial charge in [-0.25, -0.2) is 0 Å². The van der Waals surface area contributed by atoms with Gasteiger partial charge in [0.2, 0.25) is 11.8 Å². The third kappa shape index (κ3) is 3.87. The standard InChI is InChI=1S/C15H21N3O3/c1-17-15(20)13-3-2-9-18(13)14(19)8-10-21-12-6-4-11(16)5-7-12/h4-7,13H,2-3,8-10,16H2,1H3,(H,17,20). The second-order valence-corrected chi connectivity index (χ2v) is 5.03. The summed E-state index contributed by atoms with van der Waals surface area (Å²) in [7, 11) is 1.59. The molecule has 1 aliphatic rings. The van der Waals surface area contributed by atoms with E-state index in [1.807, 2.05) is 0 Å². The van der Waals surface area contributed by atoms with E-state index in [1.54, 1.807) is 36.2 Å². The van der Waals surface area contributed by atoms with E-state index in [2.05, 4.69) is 5.32 Å². The van der Waals surface area contributed by atoms with Crippen LogP contribution in [-0.2, 0) is 9.59 Å². The first-order valence-corrected chi connectivity index (χ1v) is 7.11. The smallest absolute Gasteiger partial charge is 0.242 e. The zero-order valence-electron chi connectivity index (χ0n) is 12.2. The molecule has 2 rings (SSSR count). The summed E-state index contributed by atoms with van der Waals surface area (Å²) in [4.78, 5) is 25.5. The summed E-state index contributed by atoms with van der Waals surface area (Å²) >= 11 is 0. The molecule has 1 aliphatic heterocycles. The molecule has 2 amide bonds. The van der Waals surface area contributed by atoms with E-state index >= 15 is 0 Å². The lowest BCUT2D eigenvalue weighted by Crippen LogP contribution is -2.45. The Morgan fingerprint density at radius 2 is 2.10 bits per heavy atom. The van der Waals surface area contributed by atoms with Crippen molar-refractivity contribution >= 4 is 17.5 Å².